The zero-order valence-corrected chi connectivity index (χ0v) is 20.3. The highest BCUT2D eigenvalue weighted by atomic mass is 32.2. The van der Waals surface area contributed by atoms with Gasteiger partial charge in [0.2, 0.25) is 0 Å². The van der Waals surface area contributed by atoms with Gasteiger partial charge < -0.3 is 10.1 Å². The molecule has 1 fully saturated rings. The average molecular weight is 513 g/mol. The van der Waals surface area contributed by atoms with Gasteiger partial charge in [0, 0.05) is 18.1 Å². The van der Waals surface area contributed by atoms with Crippen LogP contribution in [0, 0.1) is 36.0 Å². The van der Waals surface area contributed by atoms with Crippen molar-refractivity contribution in [3.63, 3.8) is 0 Å². The molecule has 35 heavy (non-hydrogen) atoms. The molecule has 3 unspecified atom stereocenters. The first-order chi connectivity index (χ1) is 16.7. The Kier molecular flexibility index (Phi) is 8.37. The second-order valence-corrected chi connectivity index (χ2v) is 9.08. The summed E-state index contributed by atoms with van der Waals surface area (Å²) in [6.07, 6.45) is 0.337. The van der Waals surface area contributed by atoms with Crippen molar-refractivity contribution in [2.45, 2.75) is 38.4 Å². The lowest BCUT2D eigenvalue weighted by Gasteiger charge is -2.18. The number of aryl methyl sites for hydroxylation is 1. The normalized spacial score (nSPS) is 17.2. The number of rotatable bonds is 7. The number of benzene rings is 3. The summed E-state index contributed by atoms with van der Waals surface area (Å²) in [7, 11) is -0.660. The van der Waals surface area contributed by atoms with E-state index in [1.807, 2.05) is 13.8 Å². The highest BCUT2D eigenvalue weighted by Crippen LogP contribution is 2.47. The molecule has 10 heteroatoms. The fourth-order valence-electron chi connectivity index (χ4n) is 3.55. The Hall–Kier alpha value is -3.14. The van der Waals surface area contributed by atoms with Crippen LogP contribution in [0.3, 0.4) is 0 Å². The van der Waals surface area contributed by atoms with E-state index < -0.39 is 56.9 Å². The number of ether oxygens (including phenoxy) is 1. The van der Waals surface area contributed by atoms with Gasteiger partial charge in [0.25, 0.3) is 0 Å². The van der Waals surface area contributed by atoms with Crippen LogP contribution >= 0.6 is 0 Å². The topological polar surface area (TPSA) is 50.4 Å². The number of hydrogen-bond donors (Lipinski definition) is 2. The molecule has 2 N–H and O–H groups in total. The maximum absolute atomic E-state index is 14.7. The number of hydrogen-bond acceptors (Lipinski definition) is 3. The number of methoxy groups -OCH3 is 1. The lowest BCUT2D eigenvalue weighted by molar-refractivity contribution is 0.409. The fourth-order valence-corrected chi connectivity index (χ4v) is 4.94. The van der Waals surface area contributed by atoms with Crippen molar-refractivity contribution >= 4 is 28.0 Å². The summed E-state index contributed by atoms with van der Waals surface area (Å²) < 4.78 is 91.2. The summed E-state index contributed by atoms with van der Waals surface area (Å²) in [5, 5.41) is 1.94. The average Bonchev–Trinajstić information content (AvgIpc) is 3.62. The van der Waals surface area contributed by atoms with Crippen molar-refractivity contribution in [2.24, 2.45) is 0 Å². The Labute approximate surface area is 203 Å². The predicted octanol–water partition coefficient (Wildman–Crippen LogP) is 7.10. The molecule has 0 radical (unpaired) electrons. The smallest absolute Gasteiger partial charge is 0.184 e. The minimum atomic E-state index is -1.87. The van der Waals surface area contributed by atoms with Crippen LogP contribution < -0.4 is 14.8 Å². The molecule has 4 nitrogen and oxygen atoms in total. The van der Waals surface area contributed by atoms with E-state index in [2.05, 4.69) is 10.0 Å². The second kappa shape index (κ2) is 11.1. The van der Waals surface area contributed by atoms with Crippen LogP contribution in [0.2, 0.25) is 0 Å². The molecule has 188 valence electrons. The molecule has 1 saturated carbocycles. The van der Waals surface area contributed by atoms with Crippen LogP contribution in [-0.2, 0) is 11.0 Å². The SMILES string of the molecule is CC.COc1cc(F)c(F)c(Nc2ccc(C)cc2F)c1NS(=O)C1CC1c1ccc(F)cc1F. The number of halogens is 5. The molecule has 0 heterocycles. The van der Waals surface area contributed by atoms with Crippen LogP contribution in [0.25, 0.3) is 0 Å². The van der Waals surface area contributed by atoms with Gasteiger partial charge in [-0.2, -0.15) is 0 Å². The van der Waals surface area contributed by atoms with Gasteiger partial charge in [-0.05, 0) is 42.7 Å². The van der Waals surface area contributed by atoms with E-state index in [-0.39, 0.29) is 22.7 Å². The van der Waals surface area contributed by atoms with Gasteiger partial charge in [-0.25, -0.2) is 26.2 Å². The van der Waals surface area contributed by atoms with Gasteiger partial charge in [0.15, 0.2) is 11.6 Å². The Morgan fingerprint density at radius 2 is 1.63 bits per heavy atom. The van der Waals surface area contributed by atoms with E-state index in [9.17, 15) is 26.2 Å². The molecule has 0 aliphatic heterocycles. The molecule has 3 atom stereocenters. The molecule has 3 aromatic carbocycles. The van der Waals surface area contributed by atoms with Gasteiger partial charge >= 0.3 is 0 Å². The van der Waals surface area contributed by atoms with E-state index in [1.54, 1.807) is 13.0 Å². The minimum absolute atomic E-state index is 0.126. The van der Waals surface area contributed by atoms with Gasteiger partial charge in [-0.3, -0.25) is 4.72 Å². The number of nitrogens with one attached hydrogen (secondary N) is 2. The Balaban J connectivity index is 0.00000167. The van der Waals surface area contributed by atoms with E-state index in [0.29, 0.717) is 12.0 Å². The molecule has 4 rings (SSSR count). The quantitative estimate of drug-likeness (QED) is 0.332. The van der Waals surface area contributed by atoms with Gasteiger partial charge in [0.05, 0.1) is 18.0 Å². The molecule has 0 bridgehead atoms. The molecular weight excluding hydrogens is 487 g/mol. The zero-order chi connectivity index (χ0) is 25.9. The standard InChI is InChI=1S/C23H19F5N2O2S.C2H6/c1-11-3-6-18(16(26)7-11)29-23-21(28)17(27)10-19(32-2)22(23)30-33(31)20-9-14(20)13-5-4-12(24)8-15(13)25;1-2/h3-8,10,14,20,29-30H,9H2,1-2H3;1-2H3. The second-order valence-electron chi connectivity index (χ2n) is 7.68. The summed E-state index contributed by atoms with van der Waals surface area (Å²) >= 11 is 0. The lowest BCUT2D eigenvalue weighted by Crippen LogP contribution is -2.14. The molecule has 1 aliphatic carbocycles. The van der Waals surface area contributed by atoms with Crippen LogP contribution in [0.15, 0.2) is 42.5 Å². The van der Waals surface area contributed by atoms with Crippen molar-refractivity contribution in [2.75, 3.05) is 17.1 Å². The monoisotopic (exact) mass is 512 g/mol. The lowest BCUT2D eigenvalue weighted by atomic mass is 10.1. The third-order valence-corrected chi connectivity index (χ3v) is 6.84. The van der Waals surface area contributed by atoms with Crippen molar-refractivity contribution in [3.8, 4) is 5.75 Å². The summed E-state index contributed by atoms with van der Waals surface area (Å²) in [5.74, 6) is -5.36. The van der Waals surface area contributed by atoms with Crippen molar-refractivity contribution in [1.29, 1.82) is 0 Å². The minimum Gasteiger partial charge on any atom is -0.494 e. The maximum atomic E-state index is 14.7. The third-order valence-electron chi connectivity index (χ3n) is 5.36. The molecular formula is C25H25F5N2O2S. The third kappa shape index (κ3) is 5.75. The van der Waals surface area contributed by atoms with E-state index in [0.717, 1.165) is 18.2 Å². The molecule has 0 aromatic heterocycles. The highest BCUT2D eigenvalue weighted by molar-refractivity contribution is 7.87. The van der Waals surface area contributed by atoms with Crippen LogP contribution in [0.1, 0.15) is 37.3 Å². The fraction of sp³-hybridized carbons (Fsp3) is 0.280. The summed E-state index contributed by atoms with van der Waals surface area (Å²) in [6, 6.07) is 8.08. The Morgan fingerprint density at radius 1 is 0.914 bits per heavy atom. The summed E-state index contributed by atoms with van der Waals surface area (Å²) in [4.78, 5) is 0. The zero-order valence-electron chi connectivity index (χ0n) is 19.5. The van der Waals surface area contributed by atoms with E-state index in [4.69, 9.17) is 4.74 Å². The van der Waals surface area contributed by atoms with Gasteiger partial charge in [-0.15, -0.1) is 0 Å². The largest absolute Gasteiger partial charge is 0.494 e. The maximum Gasteiger partial charge on any atom is 0.184 e. The molecule has 1 aliphatic rings. The first kappa shape index (κ1) is 26.5. The van der Waals surface area contributed by atoms with Crippen molar-refractivity contribution in [1.82, 2.24) is 0 Å². The first-order valence-corrected chi connectivity index (χ1v) is 12.1. The van der Waals surface area contributed by atoms with Crippen LogP contribution in [0.4, 0.5) is 39.0 Å². The van der Waals surface area contributed by atoms with E-state index in [1.165, 1.54) is 25.3 Å². The number of anilines is 3. The Bertz CT molecular complexity index is 1260. The van der Waals surface area contributed by atoms with Gasteiger partial charge in [-0.1, -0.05) is 26.0 Å². The Morgan fingerprint density at radius 3 is 2.26 bits per heavy atom. The summed E-state index contributed by atoms with van der Waals surface area (Å²) in [5.41, 5.74) is 0.0446. The van der Waals surface area contributed by atoms with Crippen LogP contribution in [0.5, 0.6) is 5.75 Å². The molecule has 0 spiro atoms. The van der Waals surface area contributed by atoms with Gasteiger partial charge in [0.1, 0.15) is 45.6 Å². The predicted molar refractivity (Wildman–Crippen MR) is 128 cm³/mol. The molecule has 3 aromatic rings. The molecule has 0 amide bonds. The van der Waals surface area contributed by atoms with Crippen molar-refractivity contribution in [3.05, 3.63) is 82.7 Å². The van der Waals surface area contributed by atoms with Crippen molar-refractivity contribution < 1.29 is 30.9 Å². The van der Waals surface area contributed by atoms with Crippen LogP contribution in [-0.4, -0.2) is 16.6 Å². The van der Waals surface area contributed by atoms with E-state index >= 15 is 0 Å². The first-order valence-electron chi connectivity index (χ1n) is 10.9. The summed E-state index contributed by atoms with van der Waals surface area (Å²) in [6.45, 7) is 5.67. The molecule has 0 saturated heterocycles. The highest BCUT2D eigenvalue weighted by Gasteiger charge is 2.45.